The van der Waals surface area contributed by atoms with Crippen LogP contribution in [-0.2, 0) is 13.6 Å². The summed E-state index contributed by atoms with van der Waals surface area (Å²) in [6, 6.07) is 13.4. The highest BCUT2D eigenvalue weighted by atomic mass is 16.5. The molecule has 0 atom stereocenters. The second-order valence-electron chi connectivity index (χ2n) is 5.87. The van der Waals surface area contributed by atoms with Gasteiger partial charge in [-0.05, 0) is 35.9 Å². The van der Waals surface area contributed by atoms with Gasteiger partial charge in [-0.25, -0.2) is 0 Å². The van der Waals surface area contributed by atoms with E-state index in [9.17, 15) is 4.79 Å². The van der Waals surface area contributed by atoms with Crippen LogP contribution in [0.3, 0.4) is 0 Å². The number of benzene rings is 2. The maximum atomic E-state index is 12.4. The number of hydrogen-bond acceptors (Lipinski definition) is 3. The lowest BCUT2D eigenvalue weighted by molar-refractivity contribution is -0.622. The van der Waals surface area contributed by atoms with E-state index < -0.39 is 0 Å². The number of nitrogens with one attached hydrogen (secondary N) is 1. The predicted octanol–water partition coefficient (Wildman–Crippen LogP) is 2.17. The van der Waals surface area contributed by atoms with Crippen molar-refractivity contribution in [2.75, 3.05) is 12.5 Å². The molecule has 2 heterocycles. The fourth-order valence-electron chi connectivity index (χ4n) is 3.09. The van der Waals surface area contributed by atoms with E-state index in [0.717, 1.165) is 27.6 Å². The summed E-state index contributed by atoms with van der Waals surface area (Å²) in [6.45, 7) is 0.621. The lowest BCUT2D eigenvalue weighted by atomic mass is 10.1. The van der Waals surface area contributed by atoms with Gasteiger partial charge in [-0.2, -0.15) is 5.43 Å². The molecular weight excluding hydrogens is 302 g/mol. The van der Waals surface area contributed by atoms with Crippen molar-refractivity contribution in [3.8, 4) is 5.75 Å². The van der Waals surface area contributed by atoms with Crippen LogP contribution in [-0.4, -0.2) is 11.7 Å². The van der Waals surface area contributed by atoms with Crippen LogP contribution in [0.15, 0.2) is 59.7 Å². The van der Waals surface area contributed by atoms with E-state index in [2.05, 4.69) is 5.43 Å². The summed E-state index contributed by atoms with van der Waals surface area (Å²) in [5.41, 5.74) is 6.20. The Balaban J connectivity index is 1.74. The Morgan fingerprint density at radius 2 is 1.92 bits per heavy atom. The molecule has 0 spiro atoms. The van der Waals surface area contributed by atoms with Crippen LogP contribution in [0, 0.1) is 0 Å². The summed E-state index contributed by atoms with van der Waals surface area (Å²) in [7, 11) is 3.64. The number of pyridine rings is 1. The average Bonchev–Trinajstić information content (AvgIpc) is 2.98. The van der Waals surface area contributed by atoms with E-state index in [-0.39, 0.29) is 5.43 Å². The topological polar surface area (TPSA) is 47.1 Å². The molecule has 2 aromatic heterocycles. The molecule has 0 aliphatic rings. The summed E-state index contributed by atoms with van der Waals surface area (Å²) >= 11 is 0. The quantitative estimate of drug-likeness (QED) is 0.586. The van der Waals surface area contributed by atoms with Crippen LogP contribution in [0.4, 0.5) is 0 Å². The molecule has 24 heavy (non-hydrogen) atoms. The number of aromatic nitrogens is 2. The van der Waals surface area contributed by atoms with E-state index in [1.165, 1.54) is 0 Å². The molecule has 0 bridgehead atoms. The fourth-order valence-corrected chi connectivity index (χ4v) is 3.09. The SMILES string of the molecule is COc1ccc(CN[n+]2cc3ccn(C)c4ccc(=O)c2c34)cc1. The normalized spacial score (nSPS) is 11.2. The van der Waals surface area contributed by atoms with Crippen molar-refractivity contribution in [2.24, 2.45) is 7.05 Å². The van der Waals surface area contributed by atoms with E-state index in [1.807, 2.05) is 65.1 Å². The molecule has 0 aliphatic carbocycles. The Morgan fingerprint density at radius 3 is 2.67 bits per heavy atom. The summed E-state index contributed by atoms with van der Waals surface area (Å²) in [5, 5.41) is 2.05. The Bertz CT molecular complexity index is 1070. The number of rotatable bonds is 4. The first-order valence-corrected chi connectivity index (χ1v) is 7.80. The molecule has 5 heteroatoms. The first-order valence-electron chi connectivity index (χ1n) is 7.80. The van der Waals surface area contributed by atoms with Crippen molar-refractivity contribution in [3.63, 3.8) is 0 Å². The van der Waals surface area contributed by atoms with E-state index in [1.54, 1.807) is 13.2 Å². The molecule has 1 N–H and O–H groups in total. The van der Waals surface area contributed by atoms with Crippen LogP contribution < -0.4 is 20.3 Å². The molecule has 120 valence electrons. The second-order valence-corrected chi connectivity index (χ2v) is 5.87. The minimum absolute atomic E-state index is 0.0194. The van der Waals surface area contributed by atoms with Crippen LogP contribution >= 0.6 is 0 Å². The van der Waals surface area contributed by atoms with Gasteiger partial charge in [-0.3, -0.25) is 4.79 Å². The number of aryl methyl sites for hydroxylation is 1. The monoisotopic (exact) mass is 320 g/mol. The third-order valence-electron chi connectivity index (χ3n) is 4.39. The molecular formula is C19H18N3O2+. The zero-order chi connectivity index (χ0) is 16.7. The minimum atomic E-state index is 0.0194. The molecule has 0 fully saturated rings. The number of methoxy groups -OCH3 is 1. The Labute approximate surface area is 139 Å². The minimum Gasteiger partial charge on any atom is -0.497 e. The number of nitrogens with zero attached hydrogens (tertiary/aromatic N) is 2. The van der Waals surface area contributed by atoms with Crippen LogP contribution in [0.5, 0.6) is 5.75 Å². The molecule has 4 aromatic rings. The lowest BCUT2D eigenvalue weighted by Crippen LogP contribution is -2.45. The maximum Gasteiger partial charge on any atom is 0.292 e. The fraction of sp³-hybridized carbons (Fsp3) is 0.158. The van der Waals surface area contributed by atoms with Gasteiger partial charge in [0.1, 0.15) is 5.75 Å². The Morgan fingerprint density at radius 1 is 1.12 bits per heavy atom. The van der Waals surface area contributed by atoms with Crippen molar-refractivity contribution in [1.29, 1.82) is 0 Å². The van der Waals surface area contributed by atoms with Crippen molar-refractivity contribution >= 4 is 21.8 Å². The third-order valence-corrected chi connectivity index (χ3v) is 4.39. The van der Waals surface area contributed by atoms with Gasteiger partial charge in [0.25, 0.3) is 10.9 Å². The summed E-state index contributed by atoms with van der Waals surface area (Å²) in [5.74, 6) is 0.831. The molecule has 0 saturated carbocycles. The molecule has 5 nitrogen and oxygen atoms in total. The van der Waals surface area contributed by atoms with Crippen molar-refractivity contribution < 1.29 is 9.41 Å². The summed E-state index contributed by atoms with van der Waals surface area (Å²) in [4.78, 5) is 12.4. The third kappa shape index (κ3) is 2.25. The van der Waals surface area contributed by atoms with Gasteiger partial charge in [0, 0.05) is 13.2 Å². The molecule has 4 rings (SSSR count). The molecule has 0 amide bonds. The highest BCUT2D eigenvalue weighted by molar-refractivity contribution is 6.05. The van der Waals surface area contributed by atoms with Gasteiger partial charge < -0.3 is 9.30 Å². The van der Waals surface area contributed by atoms with Gasteiger partial charge >= 0.3 is 0 Å². The summed E-state index contributed by atoms with van der Waals surface area (Å²) in [6.07, 6.45) is 3.98. The highest BCUT2D eigenvalue weighted by Crippen LogP contribution is 2.22. The zero-order valence-electron chi connectivity index (χ0n) is 13.6. The van der Waals surface area contributed by atoms with Crippen molar-refractivity contribution in [1.82, 2.24) is 4.57 Å². The number of ether oxygens (including phenoxy) is 1. The maximum absolute atomic E-state index is 12.4. The largest absolute Gasteiger partial charge is 0.497 e. The molecule has 2 aromatic carbocycles. The van der Waals surface area contributed by atoms with Gasteiger partial charge in [0.05, 0.1) is 29.9 Å². The van der Waals surface area contributed by atoms with E-state index in [0.29, 0.717) is 12.1 Å². The Hall–Kier alpha value is -3.08. The van der Waals surface area contributed by atoms with Gasteiger partial charge in [0.15, 0.2) is 0 Å². The standard InChI is InChI=1S/C19H17N3O2/c1-21-10-9-14-12-22(19-17(23)8-7-16(21)18(14)19)20-11-13-3-5-15(24-2)6-4-13/h3-10,12H,11H2,1-2H3/p+1. The van der Waals surface area contributed by atoms with Gasteiger partial charge in [-0.15, -0.1) is 0 Å². The first-order chi connectivity index (χ1) is 11.7. The smallest absolute Gasteiger partial charge is 0.292 e. The number of hydrogen-bond donors (Lipinski definition) is 1. The van der Waals surface area contributed by atoms with Gasteiger partial charge in [-0.1, -0.05) is 16.8 Å². The van der Waals surface area contributed by atoms with Crippen molar-refractivity contribution in [3.05, 3.63) is 70.6 Å². The molecule has 0 radical (unpaired) electrons. The van der Waals surface area contributed by atoms with Crippen LogP contribution in [0.2, 0.25) is 0 Å². The summed E-state index contributed by atoms with van der Waals surface area (Å²) < 4.78 is 9.04. The highest BCUT2D eigenvalue weighted by Gasteiger charge is 2.21. The first kappa shape index (κ1) is 14.5. The second kappa shape index (κ2) is 5.53. The van der Waals surface area contributed by atoms with Crippen LogP contribution in [0.25, 0.3) is 21.8 Å². The average molecular weight is 320 g/mol. The van der Waals surface area contributed by atoms with Gasteiger partial charge in [0.2, 0.25) is 6.20 Å². The lowest BCUT2D eigenvalue weighted by Gasteiger charge is -2.03. The van der Waals surface area contributed by atoms with Crippen LogP contribution in [0.1, 0.15) is 5.56 Å². The predicted molar refractivity (Wildman–Crippen MR) is 94.1 cm³/mol. The molecule has 0 unspecified atom stereocenters. The van der Waals surface area contributed by atoms with Crippen molar-refractivity contribution in [2.45, 2.75) is 6.54 Å². The van der Waals surface area contributed by atoms with E-state index >= 15 is 0 Å². The molecule has 0 aliphatic heterocycles. The molecule has 0 saturated heterocycles. The zero-order valence-corrected chi connectivity index (χ0v) is 13.6. The van der Waals surface area contributed by atoms with E-state index in [4.69, 9.17) is 4.74 Å². The Kier molecular flexibility index (Phi) is 3.34.